The quantitative estimate of drug-likeness (QED) is 0.375. The van der Waals surface area contributed by atoms with Gasteiger partial charge in [-0.3, -0.25) is 4.79 Å². The van der Waals surface area contributed by atoms with Crippen molar-refractivity contribution >= 4 is 22.6 Å². The van der Waals surface area contributed by atoms with Crippen LogP contribution in [0, 0.1) is 5.82 Å². The zero-order valence-electron chi connectivity index (χ0n) is 19.2. The molecule has 1 amide bonds. The molecule has 0 saturated heterocycles. The van der Waals surface area contributed by atoms with Gasteiger partial charge in [-0.15, -0.1) is 10.2 Å². The van der Waals surface area contributed by atoms with Crippen LogP contribution >= 0.6 is 0 Å². The Morgan fingerprint density at radius 2 is 1.47 bits per heavy atom. The van der Waals surface area contributed by atoms with Crippen LogP contribution in [-0.4, -0.2) is 40.7 Å². The minimum atomic E-state index is -0.338. The first-order valence-electron chi connectivity index (χ1n) is 11.0. The summed E-state index contributed by atoms with van der Waals surface area (Å²) in [7, 11) is 0. The second kappa shape index (κ2) is 10.2. The van der Waals surface area contributed by atoms with Gasteiger partial charge in [-0.05, 0) is 75.4 Å². The van der Waals surface area contributed by atoms with Gasteiger partial charge in [-0.2, -0.15) is 4.80 Å². The molecule has 1 heterocycles. The fourth-order valence-corrected chi connectivity index (χ4v) is 3.41. The average Bonchev–Trinajstić information content (AvgIpc) is 3.25. The van der Waals surface area contributed by atoms with Gasteiger partial charge in [-0.25, -0.2) is 4.39 Å². The second-order valence-electron chi connectivity index (χ2n) is 7.22. The first kappa shape index (κ1) is 23.0. The highest BCUT2D eigenvalue weighted by molar-refractivity contribution is 6.05. The van der Waals surface area contributed by atoms with E-state index in [0.29, 0.717) is 65.0 Å². The molecule has 3 aromatic carbocycles. The van der Waals surface area contributed by atoms with E-state index >= 15 is 0 Å². The molecule has 0 aliphatic carbocycles. The molecule has 0 spiro atoms. The van der Waals surface area contributed by atoms with Gasteiger partial charge in [0.1, 0.15) is 16.9 Å². The number of hydrogen-bond donors (Lipinski definition) is 1. The lowest BCUT2D eigenvalue weighted by Gasteiger charge is -2.17. The Morgan fingerprint density at radius 3 is 2.09 bits per heavy atom. The molecule has 4 aromatic rings. The maximum absolute atomic E-state index is 13.2. The number of nitrogens with one attached hydrogen (secondary N) is 1. The van der Waals surface area contributed by atoms with E-state index < -0.39 is 0 Å². The van der Waals surface area contributed by atoms with Crippen LogP contribution in [0.15, 0.2) is 54.6 Å². The third-order valence-electron chi connectivity index (χ3n) is 4.87. The van der Waals surface area contributed by atoms with Gasteiger partial charge in [-0.1, -0.05) is 0 Å². The minimum absolute atomic E-state index is 0.334. The van der Waals surface area contributed by atoms with Crippen molar-refractivity contribution in [3.63, 3.8) is 0 Å². The van der Waals surface area contributed by atoms with E-state index in [4.69, 9.17) is 14.2 Å². The second-order valence-corrected chi connectivity index (χ2v) is 7.22. The highest BCUT2D eigenvalue weighted by Gasteiger charge is 2.19. The molecular formula is C25H25FN4O4. The van der Waals surface area contributed by atoms with E-state index in [0.717, 1.165) is 0 Å². The smallest absolute Gasteiger partial charge is 0.255 e. The first-order chi connectivity index (χ1) is 16.5. The van der Waals surface area contributed by atoms with E-state index in [-0.39, 0.29) is 11.7 Å². The molecule has 8 nitrogen and oxygen atoms in total. The maximum Gasteiger partial charge on any atom is 0.255 e. The molecule has 176 valence electrons. The van der Waals surface area contributed by atoms with E-state index in [2.05, 4.69) is 15.5 Å². The van der Waals surface area contributed by atoms with Gasteiger partial charge in [0.25, 0.3) is 5.91 Å². The largest absolute Gasteiger partial charge is 0.490 e. The van der Waals surface area contributed by atoms with Gasteiger partial charge in [0.2, 0.25) is 5.75 Å². The molecular weight excluding hydrogens is 439 g/mol. The Kier molecular flexibility index (Phi) is 6.91. The van der Waals surface area contributed by atoms with Crippen LogP contribution in [0.5, 0.6) is 17.2 Å². The topological polar surface area (TPSA) is 87.5 Å². The fourth-order valence-electron chi connectivity index (χ4n) is 3.41. The molecule has 9 heteroatoms. The molecule has 0 aliphatic heterocycles. The summed E-state index contributed by atoms with van der Waals surface area (Å²) in [5.74, 6) is 0.688. The molecule has 34 heavy (non-hydrogen) atoms. The summed E-state index contributed by atoms with van der Waals surface area (Å²) in [5.41, 5.74) is 2.77. The van der Waals surface area contributed by atoms with Crippen LogP contribution < -0.4 is 19.5 Å². The first-order valence-corrected chi connectivity index (χ1v) is 11.0. The van der Waals surface area contributed by atoms with E-state index in [9.17, 15) is 9.18 Å². The number of rotatable bonds is 9. The predicted octanol–water partition coefficient (Wildman–Crippen LogP) is 5.01. The van der Waals surface area contributed by atoms with Crippen LogP contribution in [0.2, 0.25) is 0 Å². The molecule has 1 aromatic heterocycles. The lowest BCUT2D eigenvalue weighted by Crippen LogP contribution is -2.13. The number of amides is 1. The molecule has 4 rings (SSSR count). The normalized spacial score (nSPS) is 10.8. The van der Waals surface area contributed by atoms with Crippen molar-refractivity contribution in [3.05, 3.63) is 66.0 Å². The molecule has 0 aliphatic rings. The van der Waals surface area contributed by atoms with Gasteiger partial charge in [0.05, 0.1) is 25.5 Å². The Bertz CT molecular complexity index is 1280. The summed E-state index contributed by atoms with van der Waals surface area (Å²) in [6, 6.07) is 14.4. The lowest BCUT2D eigenvalue weighted by atomic mass is 10.1. The number of benzene rings is 3. The number of fused-ring (bicyclic) bond motifs is 1. The highest BCUT2D eigenvalue weighted by Crippen LogP contribution is 2.39. The van der Waals surface area contributed by atoms with Crippen molar-refractivity contribution in [1.29, 1.82) is 0 Å². The Hall–Kier alpha value is -4.14. The van der Waals surface area contributed by atoms with Crippen molar-refractivity contribution in [2.75, 3.05) is 25.1 Å². The number of ether oxygens (including phenoxy) is 3. The lowest BCUT2D eigenvalue weighted by molar-refractivity contribution is 0.102. The molecule has 1 N–H and O–H groups in total. The van der Waals surface area contributed by atoms with Crippen molar-refractivity contribution in [1.82, 2.24) is 15.0 Å². The summed E-state index contributed by atoms with van der Waals surface area (Å²) < 4.78 is 30.3. The molecule has 0 saturated carbocycles. The third kappa shape index (κ3) is 4.93. The summed E-state index contributed by atoms with van der Waals surface area (Å²) in [6.07, 6.45) is 0. The zero-order valence-corrected chi connectivity index (χ0v) is 19.2. The number of nitrogens with zero attached hydrogens (tertiary/aromatic N) is 3. The van der Waals surface area contributed by atoms with Crippen molar-refractivity contribution < 1.29 is 23.4 Å². The number of hydrogen-bond acceptors (Lipinski definition) is 6. The summed E-state index contributed by atoms with van der Waals surface area (Å²) >= 11 is 0. The van der Waals surface area contributed by atoms with Gasteiger partial charge < -0.3 is 19.5 Å². The number of carbonyl (C=O) groups excluding carboxylic acids is 1. The van der Waals surface area contributed by atoms with Crippen molar-refractivity contribution in [2.24, 2.45) is 0 Å². The van der Waals surface area contributed by atoms with Crippen LogP contribution in [0.25, 0.3) is 16.7 Å². The van der Waals surface area contributed by atoms with E-state index in [1.165, 1.54) is 16.9 Å². The number of anilines is 1. The van der Waals surface area contributed by atoms with Crippen molar-refractivity contribution in [2.45, 2.75) is 20.8 Å². The van der Waals surface area contributed by atoms with Gasteiger partial charge in [0.15, 0.2) is 11.5 Å². The van der Waals surface area contributed by atoms with Crippen LogP contribution in [0.4, 0.5) is 10.1 Å². The predicted molar refractivity (Wildman–Crippen MR) is 127 cm³/mol. The van der Waals surface area contributed by atoms with Crippen LogP contribution in [0.3, 0.4) is 0 Å². The summed E-state index contributed by atoms with van der Waals surface area (Å²) in [5, 5.41) is 11.7. The highest BCUT2D eigenvalue weighted by atomic mass is 19.1. The molecule has 0 fully saturated rings. The Morgan fingerprint density at radius 1 is 0.853 bits per heavy atom. The van der Waals surface area contributed by atoms with E-state index in [1.54, 1.807) is 42.5 Å². The Balaban J connectivity index is 1.61. The Labute approximate surface area is 196 Å². The average molecular weight is 464 g/mol. The molecule has 0 atom stereocenters. The fraction of sp³-hybridized carbons (Fsp3) is 0.240. The summed E-state index contributed by atoms with van der Waals surface area (Å²) in [6.45, 7) is 6.85. The third-order valence-corrected chi connectivity index (χ3v) is 4.87. The molecule has 0 bridgehead atoms. The maximum atomic E-state index is 13.2. The molecule has 0 unspecified atom stereocenters. The summed E-state index contributed by atoms with van der Waals surface area (Å²) in [4.78, 5) is 14.5. The number of carbonyl (C=O) groups is 1. The van der Waals surface area contributed by atoms with Crippen LogP contribution in [-0.2, 0) is 0 Å². The van der Waals surface area contributed by atoms with Gasteiger partial charge >= 0.3 is 0 Å². The van der Waals surface area contributed by atoms with E-state index in [1.807, 2.05) is 20.8 Å². The van der Waals surface area contributed by atoms with Gasteiger partial charge in [0, 0.05) is 11.3 Å². The molecule has 0 radical (unpaired) electrons. The number of halogens is 1. The van der Waals surface area contributed by atoms with Crippen molar-refractivity contribution in [3.8, 4) is 22.9 Å². The number of aromatic nitrogens is 3. The monoisotopic (exact) mass is 464 g/mol. The van der Waals surface area contributed by atoms with Crippen LogP contribution in [0.1, 0.15) is 31.1 Å². The standard InChI is InChI=1S/C25H25FN4O4/c1-4-32-22-13-16(14-23(33-5-2)24(22)34-6-3)25(31)27-18-9-12-20-21(15-18)29-30(28-20)19-10-7-17(26)8-11-19/h7-15H,4-6H2,1-3H3,(H,27,31). The minimum Gasteiger partial charge on any atom is -0.490 e. The zero-order chi connectivity index (χ0) is 24.1. The SMILES string of the molecule is CCOc1cc(C(=O)Nc2ccc3nn(-c4ccc(F)cc4)nc3c2)cc(OCC)c1OCC.